The van der Waals surface area contributed by atoms with E-state index < -0.39 is 8.25 Å². The predicted octanol–water partition coefficient (Wildman–Crippen LogP) is 1.01. The second-order valence-corrected chi connectivity index (χ2v) is 2.76. The standard InChI is InChI=1S/C4H10ClN.HO3P/c1-4(2)3-6-5;1-4(2)3/h4,6H,3H2,1-2H3;(H-,1,2,3)/p+1. The molecule has 0 fully saturated rings. The van der Waals surface area contributed by atoms with Gasteiger partial charge < -0.3 is 0 Å². The van der Waals surface area contributed by atoms with E-state index in [1.54, 1.807) is 0 Å². The molecule has 0 aliphatic carbocycles. The van der Waals surface area contributed by atoms with E-state index in [1.807, 2.05) is 0 Å². The van der Waals surface area contributed by atoms with Gasteiger partial charge in [-0.2, -0.15) is 0 Å². The Kier molecular flexibility index (Phi) is 12.0. The molecule has 0 atom stereocenters. The maximum Gasteiger partial charge on any atom is 0.692 e. The van der Waals surface area contributed by atoms with Gasteiger partial charge in [-0.05, 0) is 17.7 Å². The molecule has 0 aromatic rings. The highest BCUT2D eigenvalue weighted by molar-refractivity contribution is 7.30. The summed E-state index contributed by atoms with van der Waals surface area (Å²) in [6.07, 6.45) is 0. The second-order valence-electron chi connectivity index (χ2n) is 1.98. The van der Waals surface area contributed by atoms with E-state index in [9.17, 15) is 0 Å². The van der Waals surface area contributed by atoms with Crippen LogP contribution in [0.3, 0.4) is 0 Å². The van der Waals surface area contributed by atoms with E-state index in [-0.39, 0.29) is 0 Å². The zero-order valence-corrected chi connectivity index (χ0v) is 7.56. The zero-order chi connectivity index (χ0) is 8.57. The summed E-state index contributed by atoms with van der Waals surface area (Å²) in [5.74, 6) is 0.655. The molecule has 0 saturated heterocycles. The van der Waals surface area contributed by atoms with Crippen LogP contribution in [0.15, 0.2) is 0 Å². The minimum atomic E-state index is -2.87. The minimum Gasteiger partial charge on any atom is -0.233 e. The van der Waals surface area contributed by atoms with Crippen molar-refractivity contribution in [2.45, 2.75) is 13.8 Å². The summed E-state index contributed by atoms with van der Waals surface area (Å²) < 4.78 is 8.70. The molecule has 6 heteroatoms. The van der Waals surface area contributed by atoms with Gasteiger partial charge in [-0.1, -0.05) is 13.8 Å². The summed E-state index contributed by atoms with van der Waals surface area (Å²) in [5, 5.41) is 0. The molecule has 0 heterocycles. The maximum absolute atomic E-state index is 8.70. The Labute approximate surface area is 66.3 Å². The molecule has 0 amide bonds. The number of halogens is 1. The van der Waals surface area contributed by atoms with Gasteiger partial charge in [0.05, 0.1) is 0 Å². The molecule has 0 aliphatic heterocycles. The van der Waals surface area contributed by atoms with Crippen LogP contribution in [0.25, 0.3) is 0 Å². The van der Waals surface area contributed by atoms with E-state index >= 15 is 0 Å². The third kappa shape index (κ3) is 40.9. The van der Waals surface area contributed by atoms with Crippen LogP contribution in [0.5, 0.6) is 0 Å². The SMILES string of the molecule is CC(C)CNCl.O=[P+](O)O. The first kappa shape index (κ1) is 12.9. The van der Waals surface area contributed by atoms with Crippen molar-refractivity contribution >= 4 is 20.0 Å². The Morgan fingerprint density at radius 3 is 1.90 bits per heavy atom. The molecule has 0 aromatic heterocycles. The number of nitrogens with one attached hydrogen (secondary N) is 1. The first-order valence-corrected chi connectivity index (χ1v) is 4.23. The normalized spacial score (nSPS) is 8.60. The fourth-order valence-electron chi connectivity index (χ4n) is 0.154. The third-order valence-electron chi connectivity index (χ3n) is 0.485. The highest BCUT2D eigenvalue weighted by atomic mass is 35.5. The van der Waals surface area contributed by atoms with Crippen molar-refractivity contribution in [1.29, 1.82) is 0 Å². The van der Waals surface area contributed by atoms with Crippen LogP contribution >= 0.6 is 20.0 Å². The Morgan fingerprint density at radius 2 is 1.90 bits per heavy atom. The summed E-state index contributed by atoms with van der Waals surface area (Å²) in [6.45, 7) is 5.10. The Hall–Kier alpha value is 0.270. The van der Waals surface area contributed by atoms with Crippen LogP contribution < -0.4 is 4.84 Å². The summed E-state index contributed by atoms with van der Waals surface area (Å²) in [5.41, 5.74) is 0. The molecule has 0 radical (unpaired) electrons. The molecule has 3 N–H and O–H groups in total. The highest BCUT2D eigenvalue weighted by Gasteiger charge is 1.93. The number of rotatable bonds is 2. The summed E-state index contributed by atoms with van der Waals surface area (Å²) in [4.78, 5) is 16.8. The predicted molar refractivity (Wildman–Crippen MR) is 40.7 cm³/mol. The Balaban J connectivity index is 0. The average Bonchev–Trinajstić information content (AvgIpc) is 1.62. The molecule has 0 aromatic carbocycles. The van der Waals surface area contributed by atoms with Crippen molar-refractivity contribution < 1.29 is 14.4 Å². The lowest BCUT2D eigenvalue weighted by Gasteiger charge is -1.96. The van der Waals surface area contributed by atoms with Crippen molar-refractivity contribution in [1.82, 2.24) is 4.84 Å². The molecule has 0 saturated carbocycles. The molecule has 10 heavy (non-hydrogen) atoms. The van der Waals surface area contributed by atoms with Crippen LogP contribution in [-0.2, 0) is 4.57 Å². The van der Waals surface area contributed by atoms with Crippen LogP contribution in [-0.4, -0.2) is 16.3 Å². The van der Waals surface area contributed by atoms with Crippen molar-refractivity contribution in [2.75, 3.05) is 6.54 Å². The van der Waals surface area contributed by atoms with Crippen LogP contribution in [0, 0.1) is 5.92 Å². The van der Waals surface area contributed by atoms with Crippen molar-refractivity contribution in [3.63, 3.8) is 0 Å². The van der Waals surface area contributed by atoms with Gasteiger partial charge in [0.25, 0.3) is 0 Å². The molecular weight excluding hydrogens is 176 g/mol. The van der Waals surface area contributed by atoms with Gasteiger partial charge in [0.1, 0.15) is 0 Å². The molecule has 62 valence electrons. The fourth-order valence-corrected chi connectivity index (χ4v) is 0.463. The highest BCUT2D eigenvalue weighted by Crippen LogP contribution is 1.98. The van der Waals surface area contributed by atoms with E-state index in [0.717, 1.165) is 6.54 Å². The molecule has 0 bridgehead atoms. The van der Waals surface area contributed by atoms with Gasteiger partial charge in [0.15, 0.2) is 0 Å². The number of hydrogen-bond donors (Lipinski definition) is 3. The Bertz CT molecular complexity index is 86.6. The van der Waals surface area contributed by atoms with Crippen molar-refractivity contribution in [2.24, 2.45) is 5.92 Å². The Morgan fingerprint density at radius 1 is 1.60 bits per heavy atom. The molecule has 0 aliphatic rings. The van der Waals surface area contributed by atoms with Gasteiger partial charge in [0.2, 0.25) is 0 Å². The van der Waals surface area contributed by atoms with E-state index in [4.69, 9.17) is 26.1 Å². The van der Waals surface area contributed by atoms with Gasteiger partial charge in [-0.15, -0.1) is 9.79 Å². The molecule has 0 rings (SSSR count). The maximum atomic E-state index is 8.70. The van der Waals surface area contributed by atoms with Gasteiger partial charge in [0, 0.05) is 11.1 Å². The van der Waals surface area contributed by atoms with Crippen molar-refractivity contribution in [3.05, 3.63) is 0 Å². The fraction of sp³-hybridized carbons (Fsp3) is 1.00. The minimum absolute atomic E-state index is 0.655. The lowest BCUT2D eigenvalue weighted by atomic mass is 10.2. The van der Waals surface area contributed by atoms with Gasteiger partial charge in [-0.25, -0.2) is 4.84 Å². The summed E-state index contributed by atoms with van der Waals surface area (Å²) >= 11 is 5.15. The molecule has 4 nitrogen and oxygen atoms in total. The smallest absolute Gasteiger partial charge is 0.233 e. The quantitative estimate of drug-likeness (QED) is 0.447. The first-order valence-electron chi connectivity index (χ1n) is 2.69. The van der Waals surface area contributed by atoms with E-state index in [1.165, 1.54) is 0 Å². The lowest BCUT2D eigenvalue weighted by Crippen LogP contribution is -2.07. The summed E-state index contributed by atoms with van der Waals surface area (Å²) in [7, 11) is -2.87. The number of hydrogen-bond acceptors (Lipinski definition) is 2. The largest absolute Gasteiger partial charge is 0.692 e. The third-order valence-corrected chi connectivity index (χ3v) is 0.640. The van der Waals surface area contributed by atoms with E-state index in [0.29, 0.717) is 5.92 Å². The second kappa shape index (κ2) is 9.27. The van der Waals surface area contributed by atoms with E-state index in [2.05, 4.69) is 18.7 Å². The van der Waals surface area contributed by atoms with Gasteiger partial charge in [-0.3, -0.25) is 0 Å². The van der Waals surface area contributed by atoms with Crippen LogP contribution in [0.4, 0.5) is 0 Å². The lowest BCUT2D eigenvalue weighted by molar-refractivity contribution is 0.405. The topological polar surface area (TPSA) is 69.6 Å². The first-order chi connectivity index (χ1) is 4.50. The summed E-state index contributed by atoms with van der Waals surface area (Å²) in [6, 6.07) is 0. The zero-order valence-electron chi connectivity index (χ0n) is 5.91. The van der Waals surface area contributed by atoms with Crippen LogP contribution in [0.1, 0.15) is 13.8 Å². The molecule has 0 spiro atoms. The monoisotopic (exact) mass is 188 g/mol. The molecular formula is C4H12ClNO3P+. The van der Waals surface area contributed by atoms with Gasteiger partial charge >= 0.3 is 8.25 Å². The average molecular weight is 189 g/mol. The van der Waals surface area contributed by atoms with Crippen LogP contribution in [0.2, 0.25) is 0 Å². The molecule has 0 unspecified atom stereocenters. The van der Waals surface area contributed by atoms with Crippen molar-refractivity contribution in [3.8, 4) is 0 Å².